The molecule has 7 heteroatoms. The van der Waals surface area contributed by atoms with Crippen LogP contribution in [0.1, 0.15) is 32.8 Å². The van der Waals surface area contributed by atoms with Crippen molar-refractivity contribution in [2.24, 2.45) is 11.3 Å². The number of hydrogen-bond acceptors (Lipinski definition) is 3. The minimum atomic E-state index is -0.961. The van der Waals surface area contributed by atoms with Gasteiger partial charge in [-0.25, -0.2) is 0 Å². The van der Waals surface area contributed by atoms with Gasteiger partial charge in [-0.05, 0) is 36.0 Å². The molecule has 2 atom stereocenters. The maximum atomic E-state index is 12.6. The number of halogens is 2. The van der Waals surface area contributed by atoms with Crippen molar-refractivity contribution in [1.82, 2.24) is 10.2 Å². The Morgan fingerprint density at radius 2 is 1.85 bits per heavy atom. The van der Waals surface area contributed by atoms with E-state index in [0.717, 1.165) is 12.0 Å². The van der Waals surface area contributed by atoms with Crippen molar-refractivity contribution in [1.29, 1.82) is 0 Å². The Balaban J connectivity index is 1.94. The van der Waals surface area contributed by atoms with E-state index in [1.807, 2.05) is 26.8 Å². The molecule has 0 aliphatic carbocycles. The molecule has 1 N–H and O–H groups in total. The summed E-state index contributed by atoms with van der Waals surface area (Å²) in [6.45, 7) is 6.18. The standard InChI is InChI=1S/C19H24Cl2N2O3/c1-19(2,3)16-14(15(24)18(26)23(16)4)17(25)22-9-5-6-11-7-8-12(20)13(21)10-11/h7-8,10,14,16H,5-6,9H2,1-4H3,(H,22,25). The summed E-state index contributed by atoms with van der Waals surface area (Å²) in [5.41, 5.74) is 0.645. The van der Waals surface area contributed by atoms with Crippen molar-refractivity contribution in [3.8, 4) is 0 Å². The highest BCUT2D eigenvalue weighted by atomic mass is 35.5. The third kappa shape index (κ3) is 4.38. The normalized spacial score (nSPS) is 20.6. The van der Waals surface area contributed by atoms with E-state index >= 15 is 0 Å². The van der Waals surface area contributed by atoms with Gasteiger partial charge in [0, 0.05) is 13.6 Å². The zero-order valence-electron chi connectivity index (χ0n) is 15.4. The molecular formula is C19H24Cl2N2O3. The van der Waals surface area contributed by atoms with Crippen LogP contribution < -0.4 is 5.32 Å². The Morgan fingerprint density at radius 3 is 2.42 bits per heavy atom. The molecule has 142 valence electrons. The molecule has 0 saturated carbocycles. The number of Topliss-reactive ketones (excluding diaryl/α,β-unsaturated/α-hetero) is 1. The summed E-state index contributed by atoms with van der Waals surface area (Å²) in [7, 11) is 1.58. The molecule has 0 bridgehead atoms. The second kappa shape index (κ2) is 7.97. The first kappa shape index (κ1) is 20.7. The molecule has 5 nitrogen and oxygen atoms in total. The van der Waals surface area contributed by atoms with Crippen LogP contribution in [-0.2, 0) is 20.8 Å². The van der Waals surface area contributed by atoms with Gasteiger partial charge in [0.2, 0.25) is 11.7 Å². The van der Waals surface area contributed by atoms with Crippen molar-refractivity contribution >= 4 is 40.8 Å². The van der Waals surface area contributed by atoms with E-state index in [1.165, 1.54) is 4.90 Å². The Hall–Kier alpha value is -1.59. The highest BCUT2D eigenvalue weighted by Crippen LogP contribution is 2.35. The molecule has 1 aliphatic rings. The SMILES string of the molecule is CN1C(=O)C(=O)C(C(=O)NCCCc2ccc(Cl)c(Cl)c2)C1C(C)(C)C. The van der Waals surface area contributed by atoms with Gasteiger partial charge in [-0.1, -0.05) is 50.0 Å². The second-order valence-corrected chi connectivity index (χ2v) is 8.53. The third-order valence-electron chi connectivity index (χ3n) is 4.64. The maximum Gasteiger partial charge on any atom is 0.290 e. The fraction of sp³-hybridized carbons (Fsp3) is 0.526. The summed E-state index contributed by atoms with van der Waals surface area (Å²) >= 11 is 11.9. The lowest BCUT2D eigenvalue weighted by Crippen LogP contribution is -2.47. The monoisotopic (exact) mass is 398 g/mol. The van der Waals surface area contributed by atoms with Gasteiger partial charge in [0.25, 0.3) is 5.91 Å². The summed E-state index contributed by atoms with van der Waals surface area (Å²) in [6, 6.07) is 4.98. The van der Waals surface area contributed by atoms with Crippen LogP contribution in [0.15, 0.2) is 18.2 Å². The maximum absolute atomic E-state index is 12.6. The Morgan fingerprint density at radius 1 is 1.19 bits per heavy atom. The van der Waals surface area contributed by atoms with Crippen LogP contribution in [0.2, 0.25) is 10.0 Å². The van der Waals surface area contributed by atoms with E-state index < -0.39 is 23.7 Å². The average molecular weight is 399 g/mol. The van der Waals surface area contributed by atoms with E-state index in [-0.39, 0.29) is 11.3 Å². The van der Waals surface area contributed by atoms with Gasteiger partial charge in [-0.15, -0.1) is 0 Å². The fourth-order valence-electron chi connectivity index (χ4n) is 3.45. The van der Waals surface area contributed by atoms with Crippen molar-refractivity contribution in [3.05, 3.63) is 33.8 Å². The van der Waals surface area contributed by atoms with Crippen LogP contribution in [0, 0.1) is 11.3 Å². The van der Waals surface area contributed by atoms with Crippen molar-refractivity contribution in [2.75, 3.05) is 13.6 Å². The zero-order chi connectivity index (χ0) is 19.6. The van der Waals surface area contributed by atoms with Crippen LogP contribution in [0.4, 0.5) is 0 Å². The summed E-state index contributed by atoms with van der Waals surface area (Å²) in [5.74, 6) is -2.57. The topological polar surface area (TPSA) is 66.5 Å². The van der Waals surface area contributed by atoms with Crippen LogP contribution in [0.25, 0.3) is 0 Å². The van der Waals surface area contributed by atoms with Crippen LogP contribution in [0.5, 0.6) is 0 Å². The summed E-state index contributed by atoms with van der Waals surface area (Å²) in [4.78, 5) is 38.2. The number of hydrogen-bond donors (Lipinski definition) is 1. The van der Waals surface area contributed by atoms with Gasteiger partial charge >= 0.3 is 0 Å². The van der Waals surface area contributed by atoms with Gasteiger partial charge in [0.05, 0.1) is 16.1 Å². The van der Waals surface area contributed by atoms with Gasteiger partial charge in [-0.3, -0.25) is 14.4 Å². The van der Waals surface area contributed by atoms with Crippen LogP contribution in [0.3, 0.4) is 0 Å². The number of ketones is 1. The Bertz CT molecular complexity index is 728. The van der Waals surface area contributed by atoms with Crippen LogP contribution >= 0.6 is 23.2 Å². The quantitative estimate of drug-likeness (QED) is 0.470. The summed E-state index contributed by atoms with van der Waals surface area (Å²) < 4.78 is 0. The highest BCUT2D eigenvalue weighted by Gasteiger charge is 2.53. The van der Waals surface area contributed by atoms with E-state index in [4.69, 9.17) is 23.2 Å². The first-order valence-corrected chi connectivity index (χ1v) is 9.32. The van der Waals surface area contributed by atoms with E-state index in [1.54, 1.807) is 19.2 Å². The molecule has 0 aromatic heterocycles. The lowest BCUT2D eigenvalue weighted by atomic mass is 9.79. The molecule has 1 aliphatic heterocycles. The first-order chi connectivity index (χ1) is 12.0. The molecule has 2 rings (SSSR count). The predicted molar refractivity (Wildman–Crippen MR) is 102 cm³/mol. The van der Waals surface area contributed by atoms with E-state index in [0.29, 0.717) is 23.0 Å². The van der Waals surface area contributed by atoms with Crippen LogP contribution in [-0.4, -0.2) is 42.1 Å². The lowest BCUT2D eigenvalue weighted by Gasteiger charge is -2.34. The number of aryl methyl sites for hydroxylation is 1. The highest BCUT2D eigenvalue weighted by molar-refractivity contribution is 6.43. The number of likely N-dealkylation sites (tertiary alicyclic amines) is 1. The Labute approximate surface area is 164 Å². The second-order valence-electron chi connectivity index (χ2n) is 7.71. The molecule has 2 amide bonds. The Kier molecular flexibility index (Phi) is 6.35. The molecule has 1 aromatic rings. The zero-order valence-corrected chi connectivity index (χ0v) is 16.9. The lowest BCUT2D eigenvalue weighted by molar-refractivity contribution is -0.142. The first-order valence-electron chi connectivity index (χ1n) is 8.56. The van der Waals surface area contributed by atoms with Crippen molar-refractivity contribution in [2.45, 2.75) is 39.7 Å². The third-order valence-corrected chi connectivity index (χ3v) is 5.38. The molecular weight excluding hydrogens is 375 g/mol. The molecule has 1 aromatic carbocycles. The van der Waals surface area contributed by atoms with Crippen molar-refractivity contribution in [3.63, 3.8) is 0 Å². The number of amides is 2. The summed E-state index contributed by atoms with van der Waals surface area (Å²) in [5, 5.41) is 3.80. The smallest absolute Gasteiger partial charge is 0.290 e. The number of benzene rings is 1. The number of likely N-dealkylation sites (N-methyl/N-ethyl adjacent to an activating group) is 1. The number of carbonyl (C=O) groups excluding carboxylic acids is 3. The molecule has 1 saturated heterocycles. The van der Waals surface area contributed by atoms with Crippen molar-refractivity contribution < 1.29 is 14.4 Å². The van der Waals surface area contributed by atoms with Gasteiger partial charge in [-0.2, -0.15) is 0 Å². The molecule has 1 heterocycles. The fourth-order valence-corrected chi connectivity index (χ4v) is 3.77. The number of carbonyl (C=O) groups is 3. The molecule has 1 fully saturated rings. The number of nitrogens with one attached hydrogen (secondary N) is 1. The van der Waals surface area contributed by atoms with Gasteiger partial charge in [0.15, 0.2) is 0 Å². The predicted octanol–water partition coefficient (Wildman–Crippen LogP) is 3.11. The van der Waals surface area contributed by atoms with Gasteiger partial charge < -0.3 is 10.2 Å². The number of rotatable bonds is 5. The van der Waals surface area contributed by atoms with E-state index in [9.17, 15) is 14.4 Å². The van der Waals surface area contributed by atoms with Gasteiger partial charge in [0.1, 0.15) is 5.92 Å². The minimum Gasteiger partial charge on any atom is -0.355 e. The minimum absolute atomic E-state index is 0.376. The molecule has 26 heavy (non-hydrogen) atoms. The molecule has 0 radical (unpaired) electrons. The molecule has 2 unspecified atom stereocenters. The largest absolute Gasteiger partial charge is 0.355 e. The summed E-state index contributed by atoms with van der Waals surface area (Å²) in [6.07, 6.45) is 1.41. The van der Waals surface area contributed by atoms with E-state index in [2.05, 4.69) is 5.32 Å². The molecule has 0 spiro atoms. The average Bonchev–Trinajstić information content (AvgIpc) is 2.78. The number of nitrogens with zero attached hydrogens (tertiary/aromatic N) is 1.